The van der Waals surface area contributed by atoms with Crippen LogP contribution in [0.5, 0.6) is 0 Å². The third kappa shape index (κ3) is 9.18. The van der Waals surface area contributed by atoms with E-state index in [9.17, 15) is 0 Å². The predicted octanol–water partition coefficient (Wildman–Crippen LogP) is 3.18. The van der Waals surface area contributed by atoms with E-state index < -0.39 is 5.97 Å². The number of benzene rings is 1. The molecular formula is C14H21NO2. The number of carbonyl (C=O) groups is 1. The van der Waals surface area contributed by atoms with Crippen LogP contribution in [0, 0.1) is 0 Å². The van der Waals surface area contributed by atoms with Crippen molar-refractivity contribution in [2.24, 2.45) is 0 Å². The number of carboxylic acid groups (broad SMARTS) is 1. The molecule has 0 aliphatic rings. The van der Waals surface area contributed by atoms with Gasteiger partial charge in [0.05, 0.1) is 0 Å². The van der Waals surface area contributed by atoms with Crippen LogP contribution in [0.15, 0.2) is 41.6 Å². The summed E-state index contributed by atoms with van der Waals surface area (Å²) in [5.41, 5.74) is 3.93. The largest absolute Gasteiger partial charge is 0.481 e. The molecule has 0 unspecified atom stereocenters. The van der Waals surface area contributed by atoms with Crippen LogP contribution in [-0.4, -0.2) is 11.1 Å². The molecule has 0 spiro atoms. The number of rotatable bonds is 3. The van der Waals surface area contributed by atoms with Gasteiger partial charge in [-0.25, -0.2) is 0 Å². The third-order valence-electron chi connectivity index (χ3n) is 2.15. The number of nitrogens with one attached hydrogen (secondary N) is 1. The number of carboxylic acids is 1. The SMILES string of the molecule is CC(=O)O.CC(C)=C(C)NCc1ccccc1. The molecule has 0 heterocycles. The summed E-state index contributed by atoms with van der Waals surface area (Å²) in [5, 5.41) is 10.8. The summed E-state index contributed by atoms with van der Waals surface area (Å²) in [6, 6.07) is 10.4. The fourth-order valence-corrected chi connectivity index (χ4v) is 1.01. The van der Waals surface area contributed by atoms with E-state index in [1.54, 1.807) is 0 Å². The van der Waals surface area contributed by atoms with Crippen molar-refractivity contribution in [3.8, 4) is 0 Å². The van der Waals surface area contributed by atoms with Crippen LogP contribution in [0.2, 0.25) is 0 Å². The molecule has 0 fully saturated rings. The third-order valence-corrected chi connectivity index (χ3v) is 2.15. The molecule has 0 bridgehead atoms. The summed E-state index contributed by atoms with van der Waals surface area (Å²) in [6.45, 7) is 8.34. The van der Waals surface area contributed by atoms with Crippen molar-refractivity contribution in [3.63, 3.8) is 0 Å². The Morgan fingerprint density at radius 1 is 1.12 bits per heavy atom. The van der Waals surface area contributed by atoms with Gasteiger partial charge in [-0.15, -0.1) is 0 Å². The van der Waals surface area contributed by atoms with Gasteiger partial charge in [0, 0.05) is 19.2 Å². The lowest BCUT2D eigenvalue weighted by Gasteiger charge is -2.07. The highest BCUT2D eigenvalue weighted by atomic mass is 16.4. The van der Waals surface area contributed by atoms with E-state index in [0.29, 0.717) is 0 Å². The number of aliphatic carboxylic acids is 1. The lowest BCUT2D eigenvalue weighted by atomic mass is 10.2. The van der Waals surface area contributed by atoms with E-state index in [4.69, 9.17) is 9.90 Å². The first-order valence-corrected chi connectivity index (χ1v) is 5.55. The number of allylic oxidation sites excluding steroid dienone is 2. The van der Waals surface area contributed by atoms with Gasteiger partial charge < -0.3 is 10.4 Å². The molecule has 94 valence electrons. The van der Waals surface area contributed by atoms with Crippen molar-refractivity contribution in [2.45, 2.75) is 34.2 Å². The zero-order valence-corrected chi connectivity index (χ0v) is 10.9. The van der Waals surface area contributed by atoms with Crippen molar-refractivity contribution >= 4 is 5.97 Å². The van der Waals surface area contributed by atoms with Crippen molar-refractivity contribution in [1.82, 2.24) is 5.32 Å². The second-order valence-corrected chi connectivity index (χ2v) is 3.98. The quantitative estimate of drug-likeness (QED) is 0.846. The molecule has 0 atom stereocenters. The van der Waals surface area contributed by atoms with Crippen molar-refractivity contribution in [1.29, 1.82) is 0 Å². The molecule has 0 radical (unpaired) electrons. The Bertz CT molecular complexity index is 361. The summed E-state index contributed by atoms with van der Waals surface area (Å²) in [5.74, 6) is -0.833. The van der Waals surface area contributed by atoms with Crippen LogP contribution in [0.25, 0.3) is 0 Å². The Labute approximate surface area is 103 Å². The molecular weight excluding hydrogens is 214 g/mol. The first kappa shape index (κ1) is 15.2. The highest BCUT2D eigenvalue weighted by molar-refractivity contribution is 5.62. The maximum absolute atomic E-state index is 9.00. The second-order valence-electron chi connectivity index (χ2n) is 3.98. The zero-order chi connectivity index (χ0) is 13.3. The summed E-state index contributed by atoms with van der Waals surface area (Å²) >= 11 is 0. The standard InChI is InChI=1S/C12H17N.C2H4O2/c1-10(2)11(3)13-9-12-7-5-4-6-8-12;1-2(3)4/h4-8,13H,9H2,1-3H3;1H3,(H,3,4). The smallest absolute Gasteiger partial charge is 0.300 e. The molecule has 0 amide bonds. The van der Waals surface area contributed by atoms with Crippen molar-refractivity contribution in [3.05, 3.63) is 47.2 Å². The molecule has 0 aromatic heterocycles. The highest BCUT2D eigenvalue weighted by Gasteiger charge is 1.92. The maximum Gasteiger partial charge on any atom is 0.300 e. The van der Waals surface area contributed by atoms with Crippen LogP contribution in [0.1, 0.15) is 33.3 Å². The molecule has 1 rings (SSSR count). The minimum absolute atomic E-state index is 0.833. The fraction of sp³-hybridized carbons (Fsp3) is 0.357. The Balaban J connectivity index is 0.000000557. The van der Waals surface area contributed by atoms with Crippen LogP contribution in [0.3, 0.4) is 0 Å². The van der Waals surface area contributed by atoms with Crippen molar-refractivity contribution in [2.75, 3.05) is 0 Å². The van der Waals surface area contributed by atoms with Gasteiger partial charge in [0.1, 0.15) is 0 Å². The van der Waals surface area contributed by atoms with E-state index in [2.05, 4.69) is 50.4 Å². The molecule has 0 aliphatic carbocycles. The lowest BCUT2D eigenvalue weighted by Crippen LogP contribution is -2.11. The molecule has 1 aromatic carbocycles. The molecule has 0 aliphatic heterocycles. The van der Waals surface area contributed by atoms with Gasteiger partial charge in [-0.1, -0.05) is 35.9 Å². The van der Waals surface area contributed by atoms with E-state index in [1.807, 2.05) is 6.07 Å². The van der Waals surface area contributed by atoms with E-state index >= 15 is 0 Å². The lowest BCUT2D eigenvalue weighted by molar-refractivity contribution is -0.134. The van der Waals surface area contributed by atoms with Gasteiger partial charge >= 0.3 is 0 Å². The summed E-state index contributed by atoms with van der Waals surface area (Å²) in [4.78, 5) is 9.00. The minimum Gasteiger partial charge on any atom is -0.481 e. The van der Waals surface area contributed by atoms with E-state index in [1.165, 1.54) is 16.8 Å². The number of hydrogen-bond acceptors (Lipinski definition) is 2. The van der Waals surface area contributed by atoms with Gasteiger partial charge in [-0.05, 0) is 26.3 Å². The Morgan fingerprint density at radius 2 is 1.59 bits per heavy atom. The average Bonchev–Trinajstić information content (AvgIpc) is 2.26. The minimum atomic E-state index is -0.833. The Morgan fingerprint density at radius 3 is 2.00 bits per heavy atom. The van der Waals surface area contributed by atoms with Crippen LogP contribution in [0.4, 0.5) is 0 Å². The summed E-state index contributed by atoms with van der Waals surface area (Å²) < 4.78 is 0. The molecule has 2 N–H and O–H groups in total. The average molecular weight is 235 g/mol. The summed E-state index contributed by atoms with van der Waals surface area (Å²) in [7, 11) is 0. The van der Waals surface area contributed by atoms with Gasteiger partial charge in [0.2, 0.25) is 0 Å². The normalized spacial score (nSPS) is 8.71. The van der Waals surface area contributed by atoms with Gasteiger partial charge in [0.25, 0.3) is 5.97 Å². The van der Waals surface area contributed by atoms with Crippen molar-refractivity contribution < 1.29 is 9.90 Å². The molecule has 1 aromatic rings. The topological polar surface area (TPSA) is 49.3 Å². The van der Waals surface area contributed by atoms with Gasteiger partial charge in [0.15, 0.2) is 0 Å². The first-order valence-electron chi connectivity index (χ1n) is 5.55. The van der Waals surface area contributed by atoms with Gasteiger partial charge in [-0.2, -0.15) is 0 Å². The fourth-order valence-electron chi connectivity index (χ4n) is 1.01. The Kier molecular flexibility index (Phi) is 7.52. The van der Waals surface area contributed by atoms with Crippen LogP contribution >= 0.6 is 0 Å². The second kappa shape index (κ2) is 8.39. The molecule has 0 saturated carbocycles. The molecule has 0 saturated heterocycles. The van der Waals surface area contributed by atoms with E-state index in [0.717, 1.165) is 13.5 Å². The van der Waals surface area contributed by atoms with Gasteiger partial charge in [-0.3, -0.25) is 4.79 Å². The molecule has 3 nitrogen and oxygen atoms in total. The van der Waals surface area contributed by atoms with Crippen LogP contribution in [-0.2, 0) is 11.3 Å². The van der Waals surface area contributed by atoms with E-state index in [-0.39, 0.29) is 0 Å². The monoisotopic (exact) mass is 235 g/mol. The predicted molar refractivity (Wildman–Crippen MR) is 70.6 cm³/mol. The Hall–Kier alpha value is -1.77. The maximum atomic E-state index is 9.00. The first-order chi connectivity index (χ1) is 7.93. The number of hydrogen-bond donors (Lipinski definition) is 2. The highest BCUT2D eigenvalue weighted by Crippen LogP contribution is 2.01. The van der Waals surface area contributed by atoms with Crippen LogP contribution < -0.4 is 5.32 Å². The zero-order valence-electron chi connectivity index (χ0n) is 10.9. The molecule has 3 heteroatoms. The summed E-state index contributed by atoms with van der Waals surface area (Å²) in [6.07, 6.45) is 0. The molecule has 17 heavy (non-hydrogen) atoms.